The third-order valence-corrected chi connectivity index (χ3v) is 14.6. The summed E-state index contributed by atoms with van der Waals surface area (Å²) in [4.78, 5) is 13.5. The fourth-order valence-corrected chi connectivity index (χ4v) is 10.9. The molecule has 4 aromatic rings. The highest BCUT2D eigenvalue weighted by Gasteiger charge is 2.45. The van der Waals surface area contributed by atoms with Gasteiger partial charge < -0.3 is 44.3 Å². The third-order valence-electron chi connectivity index (χ3n) is 7.42. The molecule has 272 valence electrons. The molecule has 0 aliphatic carbocycles. The van der Waals surface area contributed by atoms with E-state index in [1.54, 1.807) is 60.7 Å². The minimum absolute atomic E-state index is 0.0966. The largest absolute Gasteiger partial charge is 0.504 e. The molecule has 0 amide bonds. The Morgan fingerprint density at radius 2 is 1.34 bits per heavy atom. The van der Waals surface area contributed by atoms with Crippen LogP contribution in [0.15, 0.2) is 104 Å². The summed E-state index contributed by atoms with van der Waals surface area (Å²) < 4.78 is 65.1. The van der Waals surface area contributed by atoms with Gasteiger partial charge in [-0.1, -0.05) is 36.4 Å². The van der Waals surface area contributed by atoms with Crippen molar-refractivity contribution in [3.63, 3.8) is 0 Å². The van der Waals surface area contributed by atoms with Gasteiger partial charge in [-0.15, -0.1) is 0 Å². The highest BCUT2D eigenvalue weighted by molar-refractivity contribution is 8.72. The van der Waals surface area contributed by atoms with Crippen molar-refractivity contribution in [3.8, 4) is 11.5 Å². The second-order valence-corrected chi connectivity index (χ2v) is 19.1. The van der Waals surface area contributed by atoms with Gasteiger partial charge in [0.15, 0.2) is 11.5 Å². The summed E-state index contributed by atoms with van der Waals surface area (Å²) in [5.74, 6) is 0.0813. The zero-order valence-corrected chi connectivity index (χ0v) is 30.0. The van der Waals surface area contributed by atoms with Crippen molar-refractivity contribution in [2.75, 3.05) is 32.2 Å². The Kier molecular flexibility index (Phi) is 13.8. The van der Waals surface area contributed by atoms with Gasteiger partial charge in [-0.25, -0.2) is 21.6 Å². The summed E-state index contributed by atoms with van der Waals surface area (Å²) in [7, 11) is -1.62. The minimum atomic E-state index is -3.46. The first-order valence-electron chi connectivity index (χ1n) is 14.9. The Hall–Kier alpha value is -3.17. The van der Waals surface area contributed by atoms with E-state index in [-0.39, 0.29) is 44.4 Å². The van der Waals surface area contributed by atoms with Gasteiger partial charge in [0.05, 0.1) is 16.4 Å². The van der Waals surface area contributed by atoms with Gasteiger partial charge in [-0.2, -0.15) is 0 Å². The number of aliphatic hydroxyl groups excluding tert-OH is 4. The van der Waals surface area contributed by atoms with Gasteiger partial charge in [-0.05, 0) is 72.1 Å². The summed E-state index contributed by atoms with van der Waals surface area (Å²) in [6, 6.07) is 21.4. The summed E-state index contributed by atoms with van der Waals surface area (Å²) in [6.45, 7) is -0.598. The average molecular weight is 772 g/mol. The van der Waals surface area contributed by atoms with E-state index in [1.807, 2.05) is 19.0 Å². The highest BCUT2D eigenvalue weighted by Crippen LogP contribution is 2.34. The van der Waals surface area contributed by atoms with Crippen molar-refractivity contribution >= 4 is 50.3 Å². The number of phenolic OH excluding ortho intramolecular Hbond substituents is 1. The fourth-order valence-electron chi connectivity index (χ4n) is 4.46. The first-order valence-corrected chi connectivity index (χ1v) is 20.9. The molecule has 0 spiro atoms. The topological polar surface area (TPSA) is 221 Å². The van der Waals surface area contributed by atoms with Crippen molar-refractivity contribution in [1.82, 2.24) is 4.90 Å². The first-order chi connectivity index (χ1) is 23.6. The van der Waals surface area contributed by atoms with Gasteiger partial charge in [-0.3, -0.25) is 0 Å². The molecule has 0 radical (unpaired) electrons. The van der Waals surface area contributed by atoms with E-state index in [2.05, 4.69) is 0 Å². The van der Waals surface area contributed by atoms with Crippen LogP contribution in [-0.4, -0.2) is 116 Å². The van der Waals surface area contributed by atoms with Crippen molar-refractivity contribution in [2.24, 2.45) is 0 Å². The summed E-state index contributed by atoms with van der Waals surface area (Å²) in [5, 5.41) is 49.0. The molecule has 1 fully saturated rings. The molecule has 50 heavy (non-hydrogen) atoms. The lowest BCUT2D eigenvalue weighted by molar-refractivity contribution is -0.277. The van der Waals surface area contributed by atoms with Gasteiger partial charge in [0, 0.05) is 35.1 Å². The molecule has 5 N–H and O–H groups in total. The van der Waals surface area contributed by atoms with Crippen LogP contribution in [0.5, 0.6) is 11.5 Å². The number of benzene rings is 3. The van der Waals surface area contributed by atoms with Crippen LogP contribution in [0.25, 0.3) is 11.0 Å². The molecule has 0 bridgehead atoms. The third kappa shape index (κ3) is 10.2. The Bertz CT molecular complexity index is 1900. The van der Waals surface area contributed by atoms with Gasteiger partial charge in [0.1, 0.15) is 30.0 Å². The molecule has 0 saturated carbocycles. The van der Waals surface area contributed by atoms with E-state index in [4.69, 9.17) is 19.0 Å². The Labute approximate surface area is 295 Å². The van der Waals surface area contributed by atoms with Crippen LogP contribution < -0.4 is 10.4 Å². The van der Waals surface area contributed by atoms with Crippen LogP contribution in [-0.2, 0) is 22.5 Å². The lowest BCUT2D eigenvalue weighted by Crippen LogP contribution is -2.60. The first kappa shape index (κ1) is 39.6. The number of rotatable bonds is 12. The second-order valence-electron chi connectivity index (χ2n) is 11.1. The molecule has 1 aromatic heterocycles. The fraction of sp³-hybridized carbons (Fsp3) is 0.344. The molecule has 5 rings (SSSR count). The highest BCUT2D eigenvalue weighted by atomic mass is 33.1. The van der Waals surface area contributed by atoms with Crippen LogP contribution in [0, 0.1) is 0 Å². The quantitative estimate of drug-likeness (QED) is 0.102. The lowest BCUT2D eigenvalue weighted by Gasteiger charge is -2.39. The predicted octanol–water partition coefficient (Wildman–Crippen LogP) is 1.84. The van der Waals surface area contributed by atoms with E-state index >= 15 is 0 Å². The Morgan fingerprint density at radius 3 is 1.84 bits per heavy atom. The molecule has 5 atom stereocenters. The number of phenols is 1. The number of hydrogen-bond acceptors (Lipinski definition) is 16. The average Bonchev–Trinajstić information content (AvgIpc) is 3.09. The zero-order chi connectivity index (χ0) is 36.6. The van der Waals surface area contributed by atoms with Gasteiger partial charge in [0.2, 0.25) is 24.0 Å². The molecule has 18 heteroatoms. The number of hydrogen-bond donors (Lipinski definition) is 5. The standard InChI is InChI=1S/C17H21NO4S4.C15H16O9/c1-18(2)15(13-23-25(19,20)16-9-5-3-6-10-16)14-24-26(21,22)17-11-7-4-8-12-17;16-5-10-12(19)13(20)14(21)15(24-10)23-9-3-6-1-2-11(18)22-8(6)4-7(9)17/h3-12,15H,13-14H2,1-2H3;1-4,10,12-17,19-21H,5H2/t;10-,12-,13+,14-,15-/m.1/s1. The summed E-state index contributed by atoms with van der Waals surface area (Å²) in [6.07, 6.45) is -7.27. The van der Waals surface area contributed by atoms with Crippen LogP contribution >= 0.6 is 21.6 Å². The number of nitrogens with zero attached hydrogens (tertiary/aromatic N) is 1. The van der Waals surface area contributed by atoms with E-state index in [0.717, 1.165) is 27.7 Å². The number of aliphatic hydroxyl groups is 4. The number of fused-ring (bicyclic) bond motifs is 1. The maximum atomic E-state index is 12.4. The molecule has 1 aliphatic heterocycles. The molecule has 1 saturated heterocycles. The maximum Gasteiger partial charge on any atom is 0.336 e. The van der Waals surface area contributed by atoms with Crippen LogP contribution in [0.4, 0.5) is 0 Å². The van der Waals surface area contributed by atoms with E-state index in [9.17, 15) is 42.1 Å². The van der Waals surface area contributed by atoms with Gasteiger partial charge >= 0.3 is 5.63 Å². The monoisotopic (exact) mass is 771 g/mol. The second kappa shape index (κ2) is 17.4. The van der Waals surface area contributed by atoms with E-state index in [1.165, 1.54) is 18.2 Å². The van der Waals surface area contributed by atoms with Crippen LogP contribution in [0.3, 0.4) is 0 Å². The van der Waals surface area contributed by atoms with Crippen LogP contribution in [0.1, 0.15) is 0 Å². The summed E-state index contributed by atoms with van der Waals surface area (Å²) >= 11 is 0. The maximum absolute atomic E-state index is 12.4. The Morgan fingerprint density at radius 1 is 0.800 bits per heavy atom. The molecule has 1 aliphatic rings. The molecular formula is C32H37NO13S4. The molecule has 14 nitrogen and oxygen atoms in total. The van der Waals surface area contributed by atoms with Crippen molar-refractivity contribution < 1.29 is 56.3 Å². The minimum Gasteiger partial charge on any atom is -0.504 e. The van der Waals surface area contributed by atoms with E-state index < -0.39 is 60.7 Å². The molecule has 3 aromatic carbocycles. The van der Waals surface area contributed by atoms with E-state index in [0.29, 0.717) is 5.39 Å². The van der Waals surface area contributed by atoms with Gasteiger partial charge in [0.25, 0.3) is 0 Å². The smallest absolute Gasteiger partial charge is 0.336 e. The molecule has 0 unspecified atom stereocenters. The van der Waals surface area contributed by atoms with Crippen molar-refractivity contribution in [1.29, 1.82) is 0 Å². The summed E-state index contributed by atoms with van der Waals surface area (Å²) in [5.41, 5.74) is -0.439. The van der Waals surface area contributed by atoms with Crippen molar-refractivity contribution in [2.45, 2.75) is 46.5 Å². The number of ether oxygens (including phenoxy) is 2. The normalized spacial score (nSPS) is 21.2. The lowest BCUT2D eigenvalue weighted by atomic mass is 9.99. The SMILES string of the molecule is CN(C)C(CSS(=O)(=O)c1ccccc1)CSS(=O)(=O)c1ccccc1.O=c1ccc2cc(O[C@@H]3O[C@H](CO)[C@@H](O)[C@H](O)[C@H]3O)c(O)cc2o1. The molecular weight excluding hydrogens is 735 g/mol. The zero-order valence-electron chi connectivity index (χ0n) is 26.8. The van der Waals surface area contributed by atoms with Crippen LogP contribution in [0.2, 0.25) is 0 Å². The predicted molar refractivity (Wildman–Crippen MR) is 188 cm³/mol. The molecule has 2 heterocycles. The van der Waals surface area contributed by atoms with Crippen molar-refractivity contribution in [3.05, 3.63) is 95.3 Å². The number of aromatic hydroxyl groups is 1. The Balaban J connectivity index is 0.000000225.